The third-order valence-corrected chi connectivity index (χ3v) is 7.35. The lowest BCUT2D eigenvalue weighted by atomic mass is 9.60. The van der Waals surface area contributed by atoms with Gasteiger partial charge in [0.1, 0.15) is 6.10 Å². The fourth-order valence-electron chi connectivity index (χ4n) is 5.34. The Bertz CT molecular complexity index is 623. The van der Waals surface area contributed by atoms with Crippen LogP contribution in [0.15, 0.2) is 22.8 Å². The molecular weight excluding hydrogens is 304 g/mol. The van der Waals surface area contributed by atoms with Crippen molar-refractivity contribution in [3.05, 3.63) is 22.8 Å². The van der Waals surface area contributed by atoms with Crippen molar-refractivity contribution in [3.8, 4) is 0 Å². The highest BCUT2D eigenvalue weighted by Gasteiger charge is 2.64. The van der Waals surface area contributed by atoms with E-state index in [-0.39, 0.29) is 11.5 Å². The molecule has 4 nitrogen and oxygen atoms in total. The molecule has 4 heteroatoms. The second-order valence-corrected chi connectivity index (χ2v) is 8.84. The Kier molecular flexibility index (Phi) is 3.61. The first-order valence-electron chi connectivity index (χ1n) is 9.32. The Labute approximate surface area is 144 Å². The van der Waals surface area contributed by atoms with Gasteiger partial charge in [0, 0.05) is 5.57 Å². The Balaban J connectivity index is 1.90. The van der Waals surface area contributed by atoms with Crippen molar-refractivity contribution in [3.63, 3.8) is 0 Å². The van der Waals surface area contributed by atoms with Gasteiger partial charge in [0.05, 0.1) is 18.3 Å². The standard InChI is InChI=1S/C20H30O4/c1-12-6-5-8-19(4)17(21)20(22)16-14(11-23-20)18(3,9-7-12)13(2)10-15(16)24-19/h6,13,15,17,21-22H,5,7-11H2,1-4H3. The van der Waals surface area contributed by atoms with Gasteiger partial charge < -0.3 is 19.7 Å². The average Bonchev–Trinajstić information content (AvgIpc) is 2.88. The van der Waals surface area contributed by atoms with Crippen molar-refractivity contribution in [2.75, 3.05) is 6.61 Å². The molecule has 1 saturated heterocycles. The van der Waals surface area contributed by atoms with Crippen molar-refractivity contribution >= 4 is 0 Å². The van der Waals surface area contributed by atoms with E-state index in [0.29, 0.717) is 18.9 Å². The van der Waals surface area contributed by atoms with Crippen LogP contribution in [0.1, 0.15) is 59.8 Å². The number of aliphatic hydroxyl groups excluding tert-OH is 1. The Hall–Kier alpha value is -0.680. The predicted octanol–water partition coefficient (Wildman–Crippen LogP) is 3.09. The highest BCUT2D eigenvalue weighted by atomic mass is 16.7. The van der Waals surface area contributed by atoms with Crippen LogP contribution in [-0.4, -0.2) is 40.4 Å². The first kappa shape index (κ1) is 16.8. The van der Waals surface area contributed by atoms with Gasteiger partial charge in [0.2, 0.25) is 5.79 Å². The lowest BCUT2D eigenvalue weighted by molar-refractivity contribution is -0.304. The number of hydrogen-bond donors (Lipinski definition) is 2. The third-order valence-electron chi connectivity index (χ3n) is 7.35. The molecule has 6 aliphatic rings. The summed E-state index contributed by atoms with van der Waals surface area (Å²) in [7, 11) is 0. The van der Waals surface area contributed by atoms with Crippen LogP contribution in [0.5, 0.6) is 0 Å². The van der Waals surface area contributed by atoms with E-state index < -0.39 is 17.5 Å². The van der Waals surface area contributed by atoms with Crippen LogP contribution in [0.4, 0.5) is 0 Å². The molecule has 0 aromatic heterocycles. The van der Waals surface area contributed by atoms with Crippen LogP contribution < -0.4 is 0 Å². The molecule has 24 heavy (non-hydrogen) atoms. The van der Waals surface area contributed by atoms with Crippen LogP contribution in [-0.2, 0) is 9.47 Å². The van der Waals surface area contributed by atoms with E-state index >= 15 is 0 Å². The van der Waals surface area contributed by atoms with E-state index in [2.05, 4.69) is 26.8 Å². The number of fused-ring (bicyclic) bond motifs is 1. The molecule has 1 fully saturated rings. The van der Waals surface area contributed by atoms with Gasteiger partial charge in [-0.25, -0.2) is 0 Å². The SMILES string of the molecule is CC1=CCCC2(C)OC3CC(C)C(C)(CC1)C1=C3C(O)(OC1)C2O. The van der Waals surface area contributed by atoms with Crippen LogP contribution in [0.3, 0.4) is 0 Å². The van der Waals surface area contributed by atoms with Gasteiger partial charge in [0.25, 0.3) is 0 Å². The molecule has 0 radical (unpaired) electrons. The van der Waals surface area contributed by atoms with Crippen LogP contribution in [0.25, 0.3) is 0 Å². The van der Waals surface area contributed by atoms with Gasteiger partial charge in [-0.3, -0.25) is 0 Å². The van der Waals surface area contributed by atoms with Gasteiger partial charge in [-0.05, 0) is 62.9 Å². The van der Waals surface area contributed by atoms with Crippen LogP contribution >= 0.6 is 0 Å². The number of hydrogen-bond acceptors (Lipinski definition) is 4. The summed E-state index contributed by atoms with van der Waals surface area (Å²) in [5.41, 5.74) is 2.60. The van der Waals surface area contributed by atoms with E-state index in [4.69, 9.17) is 9.47 Å². The minimum atomic E-state index is -1.58. The quantitative estimate of drug-likeness (QED) is 0.669. The summed E-state index contributed by atoms with van der Waals surface area (Å²) in [4.78, 5) is 0. The predicted molar refractivity (Wildman–Crippen MR) is 91.3 cm³/mol. The summed E-state index contributed by atoms with van der Waals surface area (Å²) in [6.07, 6.45) is 5.60. The van der Waals surface area contributed by atoms with Gasteiger partial charge in [-0.1, -0.05) is 25.5 Å². The fraction of sp³-hybridized carbons (Fsp3) is 0.800. The highest BCUT2D eigenvalue weighted by Crippen LogP contribution is 2.58. The summed E-state index contributed by atoms with van der Waals surface area (Å²) in [5, 5.41) is 22.3. The second-order valence-electron chi connectivity index (χ2n) is 8.84. The number of ether oxygens (including phenoxy) is 2. The molecule has 0 aromatic carbocycles. The molecule has 6 unspecified atom stereocenters. The third kappa shape index (κ3) is 2.06. The summed E-state index contributed by atoms with van der Waals surface area (Å²) in [6.45, 7) is 9.11. The molecule has 6 atom stereocenters. The molecule has 4 aliphatic heterocycles. The minimum absolute atomic E-state index is 0.0125. The maximum atomic E-state index is 11.3. The lowest BCUT2D eigenvalue weighted by Crippen LogP contribution is -2.65. The van der Waals surface area contributed by atoms with Crippen LogP contribution in [0, 0.1) is 11.3 Å². The largest absolute Gasteiger partial charge is 0.384 e. The molecule has 6 rings (SSSR count). The second kappa shape index (κ2) is 5.16. The molecule has 4 heterocycles. The zero-order valence-electron chi connectivity index (χ0n) is 15.3. The molecule has 0 spiro atoms. The van der Waals surface area contributed by atoms with E-state index in [1.807, 2.05) is 6.92 Å². The minimum Gasteiger partial charge on any atom is -0.384 e. The molecule has 2 aliphatic carbocycles. The van der Waals surface area contributed by atoms with Crippen LogP contribution in [0.2, 0.25) is 0 Å². The van der Waals surface area contributed by atoms with Gasteiger partial charge in [-0.2, -0.15) is 0 Å². The average molecular weight is 334 g/mol. The first-order chi connectivity index (χ1) is 11.2. The number of aliphatic hydroxyl groups is 2. The zero-order valence-corrected chi connectivity index (χ0v) is 15.3. The topological polar surface area (TPSA) is 58.9 Å². The summed E-state index contributed by atoms with van der Waals surface area (Å²) >= 11 is 0. The fourth-order valence-corrected chi connectivity index (χ4v) is 5.34. The smallest absolute Gasteiger partial charge is 0.221 e. The number of allylic oxidation sites excluding steroid dienone is 2. The Morgan fingerprint density at radius 1 is 1.25 bits per heavy atom. The Morgan fingerprint density at radius 2 is 2.00 bits per heavy atom. The van der Waals surface area contributed by atoms with Gasteiger partial charge in [-0.15, -0.1) is 0 Å². The zero-order chi connectivity index (χ0) is 17.3. The number of rotatable bonds is 0. The normalized spacial score (nSPS) is 51.4. The summed E-state index contributed by atoms with van der Waals surface area (Å²) in [5.74, 6) is -1.12. The van der Waals surface area contributed by atoms with Gasteiger partial charge in [0.15, 0.2) is 0 Å². The molecule has 2 N–H and O–H groups in total. The molecule has 134 valence electrons. The highest BCUT2D eigenvalue weighted by molar-refractivity contribution is 5.41. The van der Waals surface area contributed by atoms with E-state index in [9.17, 15) is 10.2 Å². The maximum absolute atomic E-state index is 11.3. The van der Waals surface area contributed by atoms with Gasteiger partial charge >= 0.3 is 0 Å². The van der Waals surface area contributed by atoms with E-state index in [1.165, 1.54) is 11.1 Å². The Morgan fingerprint density at radius 3 is 2.75 bits per heavy atom. The molecule has 0 aromatic rings. The molecule has 6 bridgehead atoms. The molecule has 0 saturated carbocycles. The lowest BCUT2D eigenvalue weighted by Gasteiger charge is -2.54. The van der Waals surface area contributed by atoms with E-state index in [1.54, 1.807) is 0 Å². The van der Waals surface area contributed by atoms with Crippen molar-refractivity contribution in [2.24, 2.45) is 11.3 Å². The summed E-state index contributed by atoms with van der Waals surface area (Å²) < 4.78 is 12.3. The van der Waals surface area contributed by atoms with Crippen molar-refractivity contribution in [1.29, 1.82) is 0 Å². The molecule has 0 amide bonds. The van der Waals surface area contributed by atoms with Crippen molar-refractivity contribution in [2.45, 2.75) is 83.4 Å². The maximum Gasteiger partial charge on any atom is 0.221 e. The van der Waals surface area contributed by atoms with E-state index in [0.717, 1.165) is 31.3 Å². The van der Waals surface area contributed by atoms with Crippen molar-refractivity contribution < 1.29 is 19.7 Å². The monoisotopic (exact) mass is 334 g/mol. The van der Waals surface area contributed by atoms with Crippen molar-refractivity contribution in [1.82, 2.24) is 0 Å². The first-order valence-corrected chi connectivity index (χ1v) is 9.32. The summed E-state index contributed by atoms with van der Waals surface area (Å²) in [6, 6.07) is 0. The molecular formula is C20H30O4.